The normalized spacial score (nSPS) is 19.3. The molecule has 1 N–H and O–H groups in total. The molecule has 1 aromatic rings. The van der Waals surface area contributed by atoms with E-state index in [9.17, 15) is 24.5 Å². The Morgan fingerprint density at radius 3 is 2.44 bits per heavy atom. The van der Waals surface area contributed by atoms with Crippen molar-refractivity contribution in [1.82, 2.24) is 20.0 Å². The molecule has 0 radical (unpaired) electrons. The predicted octanol–water partition coefficient (Wildman–Crippen LogP) is 1.18. The van der Waals surface area contributed by atoms with Crippen LogP contribution in [0.3, 0.4) is 0 Å². The lowest BCUT2D eigenvalue weighted by Gasteiger charge is -2.37. The van der Waals surface area contributed by atoms with Gasteiger partial charge in [0.2, 0.25) is 11.8 Å². The summed E-state index contributed by atoms with van der Waals surface area (Å²) in [5.41, 5.74) is 0.741. The van der Waals surface area contributed by atoms with Crippen molar-refractivity contribution >= 4 is 23.4 Å². The second-order valence-electron chi connectivity index (χ2n) is 8.74. The highest BCUT2D eigenvalue weighted by Crippen LogP contribution is 2.25. The van der Waals surface area contributed by atoms with Crippen molar-refractivity contribution in [2.24, 2.45) is 0 Å². The number of nitrogens with zero attached hydrogens (tertiary/aromatic N) is 4. The zero-order valence-electron chi connectivity index (χ0n) is 18.9. The molecule has 174 valence electrons. The lowest BCUT2D eigenvalue weighted by Crippen LogP contribution is -2.55. The summed E-state index contributed by atoms with van der Waals surface area (Å²) >= 11 is 0. The first-order valence-corrected chi connectivity index (χ1v) is 11.0. The number of hydrogen-bond donors (Lipinski definition) is 1. The molecule has 10 nitrogen and oxygen atoms in total. The van der Waals surface area contributed by atoms with Crippen LogP contribution in [0.5, 0.6) is 0 Å². The van der Waals surface area contributed by atoms with Crippen LogP contribution in [0.25, 0.3) is 0 Å². The van der Waals surface area contributed by atoms with Crippen LogP contribution in [0.2, 0.25) is 0 Å². The van der Waals surface area contributed by atoms with Crippen molar-refractivity contribution in [3.63, 3.8) is 0 Å². The van der Waals surface area contributed by atoms with Gasteiger partial charge in [0.25, 0.3) is 11.6 Å². The summed E-state index contributed by atoms with van der Waals surface area (Å²) in [6.45, 7) is 8.49. The summed E-state index contributed by atoms with van der Waals surface area (Å²) in [6, 6.07) is 3.88. The van der Waals surface area contributed by atoms with Gasteiger partial charge >= 0.3 is 0 Å². The fourth-order valence-electron chi connectivity index (χ4n) is 4.33. The molecule has 1 unspecified atom stereocenters. The SMILES string of the molecule is Cc1cc(C(=O)N2CCCC2C(=O)N2CCN(CC(=O)NC(C)C)CC2)ccc1[N+](=O)[O-]. The molecular weight excluding hydrogens is 414 g/mol. The van der Waals surface area contributed by atoms with Gasteiger partial charge in [0.05, 0.1) is 11.5 Å². The van der Waals surface area contributed by atoms with E-state index >= 15 is 0 Å². The zero-order valence-corrected chi connectivity index (χ0v) is 18.9. The first-order chi connectivity index (χ1) is 15.2. The van der Waals surface area contributed by atoms with Crippen molar-refractivity contribution in [2.75, 3.05) is 39.3 Å². The third-order valence-corrected chi connectivity index (χ3v) is 5.94. The average Bonchev–Trinajstić information content (AvgIpc) is 3.22. The molecule has 3 amide bonds. The summed E-state index contributed by atoms with van der Waals surface area (Å²) in [4.78, 5) is 54.2. The highest BCUT2D eigenvalue weighted by atomic mass is 16.6. The van der Waals surface area contributed by atoms with Gasteiger partial charge in [0.15, 0.2) is 0 Å². The number of carbonyl (C=O) groups is 3. The van der Waals surface area contributed by atoms with E-state index in [1.807, 2.05) is 18.7 Å². The third-order valence-electron chi connectivity index (χ3n) is 5.94. The largest absolute Gasteiger partial charge is 0.353 e. The minimum absolute atomic E-state index is 0.0225. The molecule has 1 atom stereocenters. The number of carbonyl (C=O) groups excluding carboxylic acids is 3. The Kier molecular flexibility index (Phi) is 7.44. The minimum Gasteiger partial charge on any atom is -0.353 e. The molecule has 2 aliphatic heterocycles. The number of nitro groups is 1. The fourth-order valence-corrected chi connectivity index (χ4v) is 4.33. The molecule has 3 rings (SSSR count). The molecule has 2 heterocycles. The van der Waals surface area contributed by atoms with Crippen molar-refractivity contribution in [3.8, 4) is 0 Å². The van der Waals surface area contributed by atoms with E-state index in [4.69, 9.17) is 0 Å². The Bertz CT molecular complexity index is 895. The van der Waals surface area contributed by atoms with Gasteiger partial charge in [-0.05, 0) is 45.7 Å². The number of amides is 3. The van der Waals surface area contributed by atoms with Crippen molar-refractivity contribution in [3.05, 3.63) is 39.4 Å². The van der Waals surface area contributed by atoms with Crippen molar-refractivity contribution < 1.29 is 19.3 Å². The van der Waals surface area contributed by atoms with Gasteiger partial charge in [-0.15, -0.1) is 0 Å². The quantitative estimate of drug-likeness (QED) is 0.519. The molecule has 0 bridgehead atoms. The number of aryl methyl sites for hydroxylation is 1. The predicted molar refractivity (Wildman–Crippen MR) is 118 cm³/mol. The van der Waals surface area contributed by atoms with Gasteiger partial charge in [-0.3, -0.25) is 29.4 Å². The minimum atomic E-state index is -0.520. The molecule has 0 saturated carbocycles. The molecular formula is C22H31N5O5. The van der Waals surface area contributed by atoms with Crippen LogP contribution < -0.4 is 5.32 Å². The van der Waals surface area contributed by atoms with Gasteiger partial charge in [-0.1, -0.05) is 0 Å². The molecule has 0 aliphatic carbocycles. The first kappa shape index (κ1) is 23.6. The average molecular weight is 446 g/mol. The van der Waals surface area contributed by atoms with E-state index in [1.165, 1.54) is 18.2 Å². The number of benzene rings is 1. The smallest absolute Gasteiger partial charge is 0.272 e. The van der Waals surface area contributed by atoms with E-state index < -0.39 is 11.0 Å². The Hall–Kier alpha value is -3.01. The Labute approximate surface area is 187 Å². The van der Waals surface area contributed by atoms with Crippen LogP contribution in [0.15, 0.2) is 18.2 Å². The summed E-state index contributed by atoms with van der Waals surface area (Å²) < 4.78 is 0. The third kappa shape index (κ3) is 5.42. The molecule has 2 saturated heterocycles. The molecule has 32 heavy (non-hydrogen) atoms. The Balaban J connectivity index is 1.60. The monoisotopic (exact) mass is 445 g/mol. The lowest BCUT2D eigenvalue weighted by molar-refractivity contribution is -0.385. The molecule has 2 fully saturated rings. The van der Waals surface area contributed by atoms with Crippen LogP contribution in [0.4, 0.5) is 5.69 Å². The molecule has 0 spiro atoms. The maximum Gasteiger partial charge on any atom is 0.272 e. The Morgan fingerprint density at radius 1 is 1.16 bits per heavy atom. The number of likely N-dealkylation sites (tertiary alicyclic amines) is 1. The topological polar surface area (TPSA) is 116 Å². The van der Waals surface area contributed by atoms with Crippen LogP contribution in [-0.2, 0) is 9.59 Å². The van der Waals surface area contributed by atoms with Crippen molar-refractivity contribution in [2.45, 2.75) is 45.7 Å². The lowest BCUT2D eigenvalue weighted by atomic mass is 10.1. The standard InChI is InChI=1S/C22H31N5O5/c1-15(2)23-20(28)14-24-9-11-25(12-10-24)22(30)19-5-4-8-26(19)21(29)17-6-7-18(27(31)32)16(3)13-17/h6-7,13,15,19H,4-5,8-12,14H2,1-3H3,(H,23,28). The van der Waals surface area contributed by atoms with E-state index in [0.717, 1.165) is 6.42 Å². The van der Waals surface area contributed by atoms with Crippen LogP contribution >= 0.6 is 0 Å². The second kappa shape index (κ2) is 10.1. The van der Waals surface area contributed by atoms with Gasteiger partial charge in [-0.25, -0.2) is 0 Å². The van der Waals surface area contributed by atoms with Gasteiger partial charge in [-0.2, -0.15) is 0 Å². The van der Waals surface area contributed by atoms with Crippen LogP contribution in [0, 0.1) is 17.0 Å². The highest BCUT2D eigenvalue weighted by Gasteiger charge is 2.38. The zero-order chi connectivity index (χ0) is 23.4. The fraction of sp³-hybridized carbons (Fsp3) is 0.591. The number of rotatable bonds is 6. The summed E-state index contributed by atoms with van der Waals surface area (Å²) in [7, 11) is 0. The van der Waals surface area contributed by atoms with E-state index in [2.05, 4.69) is 5.32 Å². The number of piperazine rings is 1. The number of hydrogen-bond acceptors (Lipinski definition) is 6. The Morgan fingerprint density at radius 2 is 1.84 bits per heavy atom. The first-order valence-electron chi connectivity index (χ1n) is 11.0. The van der Waals surface area contributed by atoms with Gasteiger partial charge in [0.1, 0.15) is 6.04 Å². The number of nitrogens with one attached hydrogen (secondary N) is 1. The summed E-state index contributed by atoms with van der Waals surface area (Å²) in [6.07, 6.45) is 1.34. The molecule has 1 aromatic carbocycles. The number of nitro benzene ring substituents is 1. The molecule has 0 aromatic heterocycles. The second-order valence-corrected chi connectivity index (χ2v) is 8.74. The summed E-state index contributed by atoms with van der Waals surface area (Å²) in [5, 5.41) is 13.9. The van der Waals surface area contributed by atoms with E-state index in [-0.39, 0.29) is 29.5 Å². The molecule has 10 heteroatoms. The van der Waals surface area contributed by atoms with E-state index in [0.29, 0.717) is 56.8 Å². The summed E-state index contributed by atoms with van der Waals surface area (Å²) in [5.74, 6) is -0.366. The van der Waals surface area contributed by atoms with Crippen molar-refractivity contribution in [1.29, 1.82) is 0 Å². The van der Waals surface area contributed by atoms with Crippen LogP contribution in [-0.4, -0.2) is 88.7 Å². The maximum absolute atomic E-state index is 13.2. The van der Waals surface area contributed by atoms with Gasteiger partial charge < -0.3 is 15.1 Å². The van der Waals surface area contributed by atoms with Crippen LogP contribution in [0.1, 0.15) is 42.6 Å². The highest BCUT2D eigenvalue weighted by molar-refractivity contribution is 5.98. The molecule has 2 aliphatic rings. The van der Waals surface area contributed by atoms with Gasteiger partial charge in [0, 0.05) is 56.0 Å². The maximum atomic E-state index is 13.2. The van der Waals surface area contributed by atoms with E-state index in [1.54, 1.807) is 16.7 Å².